The molecule has 0 aliphatic heterocycles. The Morgan fingerprint density at radius 1 is 1.43 bits per heavy atom. The van der Waals surface area contributed by atoms with Crippen LogP contribution in [0.4, 0.5) is 6.01 Å². The number of rotatable bonds is 6. The SMILES string of the molecule is NC(=O)c1csc(CNc2nnc(CC3CCCC3)o2)c1. The summed E-state index contributed by atoms with van der Waals surface area (Å²) in [4.78, 5) is 12.0. The number of aromatic nitrogens is 2. The molecule has 1 saturated carbocycles. The van der Waals surface area contributed by atoms with E-state index in [9.17, 15) is 4.79 Å². The Kier molecular flexibility index (Phi) is 4.19. The first-order valence-corrected chi connectivity index (χ1v) is 8.02. The van der Waals surface area contributed by atoms with Crippen LogP contribution in [0.1, 0.15) is 46.8 Å². The Balaban J connectivity index is 1.52. The zero-order chi connectivity index (χ0) is 14.7. The van der Waals surface area contributed by atoms with Gasteiger partial charge in [0, 0.05) is 16.7 Å². The smallest absolute Gasteiger partial charge is 0.315 e. The maximum atomic E-state index is 11.0. The highest BCUT2D eigenvalue weighted by atomic mass is 32.1. The molecule has 0 atom stereocenters. The van der Waals surface area contributed by atoms with Gasteiger partial charge < -0.3 is 15.5 Å². The van der Waals surface area contributed by atoms with Crippen molar-refractivity contribution < 1.29 is 9.21 Å². The van der Waals surface area contributed by atoms with Crippen molar-refractivity contribution in [3.63, 3.8) is 0 Å². The molecule has 3 N–H and O–H groups in total. The van der Waals surface area contributed by atoms with Gasteiger partial charge in [-0.2, -0.15) is 0 Å². The van der Waals surface area contributed by atoms with E-state index in [1.807, 2.05) is 0 Å². The van der Waals surface area contributed by atoms with E-state index >= 15 is 0 Å². The zero-order valence-electron chi connectivity index (χ0n) is 11.7. The molecule has 6 nitrogen and oxygen atoms in total. The van der Waals surface area contributed by atoms with Gasteiger partial charge in [0.05, 0.1) is 12.1 Å². The van der Waals surface area contributed by atoms with Crippen molar-refractivity contribution in [2.75, 3.05) is 5.32 Å². The molecular formula is C14H18N4O2S. The lowest BCUT2D eigenvalue weighted by Crippen LogP contribution is -2.09. The summed E-state index contributed by atoms with van der Waals surface area (Å²) in [6.45, 7) is 0.545. The largest absolute Gasteiger partial charge is 0.408 e. The van der Waals surface area contributed by atoms with Crippen molar-refractivity contribution in [1.29, 1.82) is 0 Å². The van der Waals surface area contributed by atoms with Gasteiger partial charge in [-0.3, -0.25) is 4.79 Å². The highest BCUT2D eigenvalue weighted by Crippen LogP contribution is 2.28. The predicted molar refractivity (Wildman–Crippen MR) is 80.1 cm³/mol. The average molecular weight is 306 g/mol. The van der Waals surface area contributed by atoms with E-state index in [0.29, 0.717) is 29.9 Å². The first-order valence-electron chi connectivity index (χ1n) is 7.14. The van der Waals surface area contributed by atoms with Gasteiger partial charge in [0.15, 0.2) is 0 Å². The van der Waals surface area contributed by atoms with E-state index in [2.05, 4.69) is 15.5 Å². The summed E-state index contributed by atoms with van der Waals surface area (Å²) in [7, 11) is 0. The number of amides is 1. The van der Waals surface area contributed by atoms with Gasteiger partial charge in [0.1, 0.15) is 0 Å². The van der Waals surface area contributed by atoms with Gasteiger partial charge in [0.2, 0.25) is 11.8 Å². The fourth-order valence-corrected chi connectivity index (χ4v) is 3.45. The van der Waals surface area contributed by atoms with Crippen LogP contribution >= 0.6 is 11.3 Å². The quantitative estimate of drug-likeness (QED) is 0.855. The first-order chi connectivity index (χ1) is 10.2. The Morgan fingerprint density at radius 3 is 2.95 bits per heavy atom. The molecule has 0 bridgehead atoms. The lowest BCUT2D eigenvalue weighted by Gasteiger charge is -2.03. The van der Waals surface area contributed by atoms with Gasteiger partial charge in [-0.15, -0.1) is 16.4 Å². The van der Waals surface area contributed by atoms with Crippen molar-refractivity contribution in [2.24, 2.45) is 11.7 Å². The molecule has 0 saturated heterocycles. The summed E-state index contributed by atoms with van der Waals surface area (Å²) in [6, 6.07) is 2.20. The second kappa shape index (κ2) is 6.26. The molecule has 0 aromatic carbocycles. The molecule has 2 aromatic heterocycles. The van der Waals surface area contributed by atoms with Gasteiger partial charge in [0.25, 0.3) is 0 Å². The second-order valence-corrected chi connectivity index (χ2v) is 6.37. The highest BCUT2D eigenvalue weighted by Gasteiger charge is 2.18. The normalized spacial score (nSPS) is 15.4. The molecule has 7 heteroatoms. The number of anilines is 1. The monoisotopic (exact) mass is 306 g/mol. The summed E-state index contributed by atoms with van der Waals surface area (Å²) in [5, 5.41) is 12.9. The van der Waals surface area contributed by atoms with Crippen molar-refractivity contribution >= 4 is 23.3 Å². The molecule has 2 heterocycles. The number of nitrogens with zero attached hydrogens (tertiary/aromatic N) is 2. The molecule has 0 unspecified atom stereocenters. The Hall–Kier alpha value is -1.89. The van der Waals surface area contributed by atoms with Gasteiger partial charge in [-0.05, 0) is 24.8 Å². The topological polar surface area (TPSA) is 94.0 Å². The third-order valence-electron chi connectivity index (χ3n) is 3.76. The lowest BCUT2D eigenvalue weighted by molar-refractivity contribution is 0.100. The van der Waals surface area contributed by atoms with Crippen LogP contribution in [0.15, 0.2) is 15.9 Å². The predicted octanol–water partition coefficient (Wildman–Crippen LogP) is 2.57. The number of nitrogens with two attached hydrogens (primary N) is 1. The van der Waals surface area contributed by atoms with Crippen LogP contribution in [0.5, 0.6) is 0 Å². The molecule has 112 valence electrons. The fourth-order valence-electron chi connectivity index (χ4n) is 2.63. The van der Waals surface area contributed by atoms with E-state index in [1.165, 1.54) is 37.0 Å². The number of carbonyl (C=O) groups excluding carboxylic acids is 1. The van der Waals surface area contributed by atoms with Crippen LogP contribution < -0.4 is 11.1 Å². The number of primary amides is 1. The third kappa shape index (κ3) is 3.60. The first kappa shape index (κ1) is 14.1. The molecule has 1 aliphatic rings. The van der Waals surface area contributed by atoms with Crippen molar-refractivity contribution in [2.45, 2.75) is 38.6 Å². The van der Waals surface area contributed by atoms with Crippen LogP contribution in [0, 0.1) is 5.92 Å². The van der Waals surface area contributed by atoms with Crippen molar-refractivity contribution in [3.05, 3.63) is 27.8 Å². The maximum absolute atomic E-state index is 11.0. The molecule has 21 heavy (non-hydrogen) atoms. The van der Waals surface area contributed by atoms with Crippen LogP contribution in [0.3, 0.4) is 0 Å². The minimum Gasteiger partial charge on any atom is -0.408 e. The molecule has 0 radical (unpaired) electrons. The summed E-state index contributed by atoms with van der Waals surface area (Å²) in [5.74, 6) is 0.983. The van der Waals surface area contributed by atoms with Crippen LogP contribution in [0.25, 0.3) is 0 Å². The summed E-state index contributed by atoms with van der Waals surface area (Å²) < 4.78 is 5.60. The number of hydrogen-bond acceptors (Lipinski definition) is 6. The summed E-state index contributed by atoms with van der Waals surface area (Å²) >= 11 is 1.48. The third-order valence-corrected chi connectivity index (χ3v) is 4.69. The van der Waals surface area contributed by atoms with Crippen molar-refractivity contribution in [1.82, 2.24) is 10.2 Å². The Labute approximate surface area is 126 Å². The maximum Gasteiger partial charge on any atom is 0.315 e. The summed E-state index contributed by atoms with van der Waals surface area (Å²) in [6.07, 6.45) is 6.01. The molecule has 3 rings (SSSR count). The van der Waals surface area contributed by atoms with Crippen molar-refractivity contribution in [3.8, 4) is 0 Å². The second-order valence-electron chi connectivity index (χ2n) is 5.38. The lowest BCUT2D eigenvalue weighted by atomic mass is 10.0. The average Bonchev–Trinajstić information content (AvgIpc) is 3.18. The molecule has 1 amide bonds. The molecule has 2 aromatic rings. The van der Waals surface area contributed by atoms with Gasteiger partial charge >= 0.3 is 6.01 Å². The molecule has 0 spiro atoms. The van der Waals surface area contributed by atoms with E-state index in [-0.39, 0.29) is 0 Å². The van der Waals surface area contributed by atoms with E-state index in [4.69, 9.17) is 10.2 Å². The number of nitrogens with one attached hydrogen (secondary N) is 1. The van der Waals surface area contributed by atoms with Gasteiger partial charge in [-0.1, -0.05) is 17.9 Å². The summed E-state index contributed by atoms with van der Waals surface area (Å²) in [5.41, 5.74) is 5.75. The van der Waals surface area contributed by atoms with E-state index < -0.39 is 5.91 Å². The van der Waals surface area contributed by atoms with Crippen LogP contribution in [-0.2, 0) is 13.0 Å². The number of carbonyl (C=O) groups is 1. The molecule has 1 aliphatic carbocycles. The number of hydrogen-bond donors (Lipinski definition) is 2. The Bertz CT molecular complexity index is 616. The van der Waals surface area contributed by atoms with E-state index in [1.54, 1.807) is 11.4 Å². The molecule has 1 fully saturated rings. The van der Waals surface area contributed by atoms with Gasteiger partial charge in [-0.25, -0.2) is 0 Å². The zero-order valence-corrected chi connectivity index (χ0v) is 12.5. The minimum absolute atomic E-state index is 0.408. The Morgan fingerprint density at radius 2 is 2.24 bits per heavy atom. The van der Waals surface area contributed by atoms with Crippen LogP contribution in [-0.4, -0.2) is 16.1 Å². The minimum atomic E-state index is -0.408. The number of thiophene rings is 1. The molecular weight excluding hydrogens is 288 g/mol. The highest BCUT2D eigenvalue weighted by molar-refractivity contribution is 7.10. The fraction of sp³-hybridized carbons (Fsp3) is 0.500. The van der Waals surface area contributed by atoms with Crippen LogP contribution in [0.2, 0.25) is 0 Å². The van der Waals surface area contributed by atoms with E-state index in [0.717, 1.165) is 11.3 Å². The standard InChI is InChI=1S/C14H18N4O2S/c15-13(19)10-6-11(21-8-10)7-16-14-18-17-12(20-14)5-9-3-1-2-4-9/h6,8-9H,1-5,7H2,(H2,15,19)(H,16,18).